The molecule has 0 spiro atoms. The van der Waals surface area contributed by atoms with Crippen LogP contribution in [-0.4, -0.2) is 9.97 Å². The SMILES string of the molecule is c1ccc2c(c1)CNC2Cc1ncc[nH]1. The highest BCUT2D eigenvalue weighted by molar-refractivity contribution is 5.34. The molecule has 15 heavy (non-hydrogen) atoms. The van der Waals surface area contributed by atoms with Crippen molar-refractivity contribution in [1.82, 2.24) is 15.3 Å². The normalized spacial score (nSPS) is 19.1. The van der Waals surface area contributed by atoms with Gasteiger partial charge in [-0.25, -0.2) is 4.98 Å². The minimum atomic E-state index is 0.410. The summed E-state index contributed by atoms with van der Waals surface area (Å²) in [5.74, 6) is 1.05. The molecule has 1 aromatic carbocycles. The average molecular weight is 199 g/mol. The van der Waals surface area contributed by atoms with Crippen LogP contribution in [0.5, 0.6) is 0 Å². The van der Waals surface area contributed by atoms with Crippen molar-refractivity contribution < 1.29 is 0 Å². The molecule has 1 atom stereocenters. The van der Waals surface area contributed by atoms with Gasteiger partial charge in [0.15, 0.2) is 0 Å². The van der Waals surface area contributed by atoms with E-state index in [0.717, 1.165) is 18.8 Å². The molecule has 1 aliphatic rings. The minimum absolute atomic E-state index is 0.410. The van der Waals surface area contributed by atoms with Gasteiger partial charge in [0.1, 0.15) is 5.82 Å². The first-order chi connectivity index (χ1) is 7.43. The monoisotopic (exact) mass is 199 g/mol. The second-order valence-electron chi connectivity index (χ2n) is 3.87. The van der Waals surface area contributed by atoms with Gasteiger partial charge >= 0.3 is 0 Å². The van der Waals surface area contributed by atoms with E-state index in [1.165, 1.54) is 11.1 Å². The summed E-state index contributed by atoms with van der Waals surface area (Å²) in [5.41, 5.74) is 2.82. The summed E-state index contributed by atoms with van der Waals surface area (Å²) >= 11 is 0. The van der Waals surface area contributed by atoms with E-state index in [1.54, 1.807) is 6.20 Å². The van der Waals surface area contributed by atoms with Gasteiger partial charge in [0.05, 0.1) is 0 Å². The van der Waals surface area contributed by atoms with Crippen molar-refractivity contribution >= 4 is 0 Å². The summed E-state index contributed by atoms with van der Waals surface area (Å²) in [4.78, 5) is 7.40. The largest absolute Gasteiger partial charge is 0.349 e. The van der Waals surface area contributed by atoms with Gasteiger partial charge in [-0.15, -0.1) is 0 Å². The molecule has 2 aromatic rings. The van der Waals surface area contributed by atoms with E-state index < -0.39 is 0 Å². The van der Waals surface area contributed by atoms with Crippen LogP contribution in [-0.2, 0) is 13.0 Å². The molecular weight excluding hydrogens is 186 g/mol. The molecule has 2 heterocycles. The van der Waals surface area contributed by atoms with Gasteiger partial charge in [-0.1, -0.05) is 24.3 Å². The molecule has 0 amide bonds. The summed E-state index contributed by atoms with van der Waals surface area (Å²) < 4.78 is 0. The Bertz CT molecular complexity index is 448. The van der Waals surface area contributed by atoms with E-state index in [-0.39, 0.29) is 0 Å². The molecular formula is C12H13N3. The average Bonchev–Trinajstić information content (AvgIpc) is 2.89. The topological polar surface area (TPSA) is 40.7 Å². The molecule has 0 fully saturated rings. The summed E-state index contributed by atoms with van der Waals surface area (Å²) in [6.45, 7) is 0.974. The van der Waals surface area contributed by atoms with E-state index in [2.05, 4.69) is 39.6 Å². The lowest BCUT2D eigenvalue weighted by Crippen LogP contribution is -2.15. The summed E-state index contributed by atoms with van der Waals surface area (Å²) in [7, 11) is 0. The quantitative estimate of drug-likeness (QED) is 0.774. The molecule has 1 unspecified atom stereocenters. The van der Waals surface area contributed by atoms with Crippen LogP contribution < -0.4 is 5.32 Å². The second kappa shape index (κ2) is 3.51. The third kappa shape index (κ3) is 1.55. The standard InChI is InChI=1S/C12H13N3/c1-2-4-10-9(3-1)8-15-11(10)7-12-13-5-6-14-12/h1-6,11,15H,7-8H2,(H,13,14). The Balaban J connectivity index is 1.85. The molecule has 0 saturated carbocycles. The van der Waals surface area contributed by atoms with Gasteiger partial charge in [-0.2, -0.15) is 0 Å². The van der Waals surface area contributed by atoms with Gasteiger partial charge < -0.3 is 10.3 Å². The number of aromatic nitrogens is 2. The lowest BCUT2D eigenvalue weighted by Gasteiger charge is -2.09. The van der Waals surface area contributed by atoms with Crippen LogP contribution in [0.25, 0.3) is 0 Å². The maximum atomic E-state index is 4.26. The Hall–Kier alpha value is -1.61. The molecule has 0 aliphatic carbocycles. The van der Waals surface area contributed by atoms with Crippen molar-refractivity contribution in [2.24, 2.45) is 0 Å². The Morgan fingerprint density at radius 3 is 3.13 bits per heavy atom. The van der Waals surface area contributed by atoms with Crippen molar-refractivity contribution in [3.8, 4) is 0 Å². The van der Waals surface area contributed by atoms with Gasteiger partial charge in [0, 0.05) is 31.4 Å². The number of hydrogen-bond donors (Lipinski definition) is 2. The molecule has 1 aliphatic heterocycles. The number of H-pyrrole nitrogens is 1. The Morgan fingerprint density at radius 1 is 1.33 bits per heavy atom. The van der Waals surface area contributed by atoms with E-state index in [1.807, 2.05) is 6.20 Å². The first-order valence-corrected chi connectivity index (χ1v) is 5.23. The minimum Gasteiger partial charge on any atom is -0.349 e. The summed E-state index contributed by atoms with van der Waals surface area (Å²) in [6, 6.07) is 8.98. The Labute approximate surface area is 88.6 Å². The number of imidazole rings is 1. The lowest BCUT2D eigenvalue weighted by molar-refractivity contribution is 0.568. The van der Waals surface area contributed by atoms with Gasteiger partial charge in [-0.05, 0) is 11.1 Å². The van der Waals surface area contributed by atoms with E-state index in [9.17, 15) is 0 Å². The zero-order chi connectivity index (χ0) is 10.1. The molecule has 1 aromatic heterocycles. The van der Waals surface area contributed by atoms with Crippen molar-refractivity contribution in [3.63, 3.8) is 0 Å². The predicted molar refractivity (Wildman–Crippen MR) is 58.3 cm³/mol. The number of benzene rings is 1. The predicted octanol–water partition coefficient (Wildman–Crippen LogP) is 1.80. The highest BCUT2D eigenvalue weighted by Crippen LogP contribution is 2.26. The molecule has 0 radical (unpaired) electrons. The summed E-state index contributed by atoms with van der Waals surface area (Å²) in [5, 5.41) is 3.50. The van der Waals surface area contributed by atoms with Crippen molar-refractivity contribution in [2.45, 2.75) is 19.0 Å². The van der Waals surface area contributed by atoms with E-state index >= 15 is 0 Å². The smallest absolute Gasteiger partial charge is 0.107 e. The van der Waals surface area contributed by atoms with Gasteiger partial charge in [0.2, 0.25) is 0 Å². The number of nitrogens with zero attached hydrogens (tertiary/aromatic N) is 1. The maximum absolute atomic E-state index is 4.26. The highest BCUT2D eigenvalue weighted by Gasteiger charge is 2.21. The zero-order valence-electron chi connectivity index (χ0n) is 8.40. The summed E-state index contributed by atoms with van der Waals surface area (Å²) in [6.07, 6.45) is 4.61. The maximum Gasteiger partial charge on any atom is 0.107 e. The number of nitrogens with one attached hydrogen (secondary N) is 2. The second-order valence-corrected chi connectivity index (χ2v) is 3.87. The molecule has 0 saturated heterocycles. The Morgan fingerprint density at radius 2 is 2.27 bits per heavy atom. The van der Waals surface area contributed by atoms with Crippen LogP contribution in [0.2, 0.25) is 0 Å². The van der Waals surface area contributed by atoms with Crippen LogP contribution >= 0.6 is 0 Å². The van der Waals surface area contributed by atoms with Crippen molar-refractivity contribution in [2.75, 3.05) is 0 Å². The number of hydrogen-bond acceptors (Lipinski definition) is 2. The number of fused-ring (bicyclic) bond motifs is 1. The third-order valence-electron chi connectivity index (χ3n) is 2.92. The highest BCUT2D eigenvalue weighted by atomic mass is 15.0. The van der Waals surface area contributed by atoms with E-state index in [0.29, 0.717) is 6.04 Å². The van der Waals surface area contributed by atoms with Crippen LogP contribution in [0.1, 0.15) is 23.0 Å². The Kier molecular flexibility index (Phi) is 2.03. The third-order valence-corrected chi connectivity index (χ3v) is 2.92. The van der Waals surface area contributed by atoms with Crippen LogP contribution in [0.4, 0.5) is 0 Å². The van der Waals surface area contributed by atoms with Crippen LogP contribution in [0, 0.1) is 0 Å². The molecule has 3 rings (SSSR count). The lowest BCUT2D eigenvalue weighted by atomic mass is 10.0. The molecule has 3 heteroatoms. The molecule has 2 N–H and O–H groups in total. The first-order valence-electron chi connectivity index (χ1n) is 5.23. The van der Waals surface area contributed by atoms with Crippen LogP contribution in [0.15, 0.2) is 36.7 Å². The fourth-order valence-corrected chi connectivity index (χ4v) is 2.16. The number of aromatic amines is 1. The first kappa shape index (κ1) is 8.68. The fourth-order valence-electron chi connectivity index (χ4n) is 2.16. The zero-order valence-corrected chi connectivity index (χ0v) is 8.40. The van der Waals surface area contributed by atoms with Crippen LogP contribution in [0.3, 0.4) is 0 Å². The molecule has 0 bridgehead atoms. The van der Waals surface area contributed by atoms with Gasteiger partial charge in [-0.3, -0.25) is 0 Å². The van der Waals surface area contributed by atoms with E-state index in [4.69, 9.17) is 0 Å². The molecule has 3 nitrogen and oxygen atoms in total. The number of rotatable bonds is 2. The molecule has 76 valence electrons. The van der Waals surface area contributed by atoms with Crippen molar-refractivity contribution in [1.29, 1.82) is 0 Å². The fraction of sp³-hybridized carbons (Fsp3) is 0.250. The van der Waals surface area contributed by atoms with Crippen molar-refractivity contribution in [3.05, 3.63) is 53.6 Å². The van der Waals surface area contributed by atoms with Gasteiger partial charge in [0.25, 0.3) is 0 Å².